The normalized spacial score (nSPS) is 11.7. The molecule has 0 saturated carbocycles. The molecule has 4 nitrogen and oxygen atoms in total. The van der Waals surface area contributed by atoms with E-state index < -0.39 is 6.04 Å². The van der Waals surface area contributed by atoms with Gasteiger partial charge >= 0.3 is 0 Å². The standard InChI is InChI=1S/C21H24Cl2N2O2/c1-3-19(21(27)24-2)25(12-11-15-7-5-4-6-8-15)20(26)13-16-9-10-17(22)14-18(16)23/h4-10,14,19H,3,11-13H2,1-2H3,(H,24,27)/t19-/m0/s1. The Hall–Kier alpha value is -2.04. The van der Waals surface area contributed by atoms with Crippen LogP contribution in [0.4, 0.5) is 0 Å². The molecule has 6 heteroatoms. The van der Waals surface area contributed by atoms with Gasteiger partial charge in [0.15, 0.2) is 0 Å². The minimum absolute atomic E-state index is 0.123. The summed E-state index contributed by atoms with van der Waals surface area (Å²) in [4.78, 5) is 27.0. The van der Waals surface area contributed by atoms with E-state index in [4.69, 9.17) is 23.2 Å². The van der Waals surface area contributed by atoms with Crippen LogP contribution in [-0.2, 0) is 22.4 Å². The maximum atomic E-state index is 13.0. The Bertz CT molecular complexity index is 781. The van der Waals surface area contributed by atoms with Crippen LogP contribution in [0.3, 0.4) is 0 Å². The average molecular weight is 407 g/mol. The smallest absolute Gasteiger partial charge is 0.242 e. The SMILES string of the molecule is CC[C@@H](C(=O)NC)N(CCc1ccccc1)C(=O)Cc1ccc(Cl)cc1Cl. The fraction of sp³-hybridized carbons (Fsp3) is 0.333. The Labute approximate surface area is 170 Å². The predicted octanol–water partition coefficient (Wildman–Crippen LogP) is 4.13. The zero-order chi connectivity index (χ0) is 19.8. The summed E-state index contributed by atoms with van der Waals surface area (Å²) >= 11 is 12.2. The molecule has 2 amide bonds. The van der Waals surface area contributed by atoms with Crippen LogP contribution >= 0.6 is 23.2 Å². The van der Waals surface area contributed by atoms with Gasteiger partial charge in [-0.25, -0.2) is 0 Å². The topological polar surface area (TPSA) is 49.4 Å². The van der Waals surface area contributed by atoms with E-state index in [0.717, 1.165) is 5.56 Å². The third kappa shape index (κ3) is 5.98. The Kier molecular flexibility index (Phi) is 8.14. The number of carbonyl (C=O) groups excluding carboxylic acids is 2. The molecule has 0 heterocycles. The van der Waals surface area contributed by atoms with E-state index >= 15 is 0 Å². The number of likely N-dealkylation sites (N-methyl/N-ethyl adjacent to an activating group) is 1. The lowest BCUT2D eigenvalue weighted by atomic mass is 10.1. The molecule has 2 aromatic rings. The fourth-order valence-electron chi connectivity index (χ4n) is 2.99. The molecule has 2 aromatic carbocycles. The van der Waals surface area contributed by atoms with Gasteiger partial charge in [0.2, 0.25) is 11.8 Å². The molecule has 1 N–H and O–H groups in total. The maximum Gasteiger partial charge on any atom is 0.242 e. The number of hydrogen-bond donors (Lipinski definition) is 1. The van der Waals surface area contributed by atoms with Crippen LogP contribution in [0.2, 0.25) is 10.0 Å². The summed E-state index contributed by atoms with van der Waals surface area (Å²) in [6, 6.07) is 14.5. The third-order valence-electron chi connectivity index (χ3n) is 4.47. The van der Waals surface area contributed by atoms with Crippen molar-refractivity contribution in [1.29, 1.82) is 0 Å². The van der Waals surface area contributed by atoms with E-state index in [0.29, 0.717) is 35.0 Å². The first-order chi connectivity index (χ1) is 13.0. The Morgan fingerprint density at radius 1 is 1.11 bits per heavy atom. The second-order valence-electron chi connectivity index (χ2n) is 6.27. The number of hydrogen-bond acceptors (Lipinski definition) is 2. The quantitative estimate of drug-likeness (QED) is 0.716. The van der Waals surface area contributed by atoms with Gasteiger partial charge in [0.05, 0.1) is 6.42 Å². The van der Waals surface area contributed by atoms with E-state index in [-0.39, 0.29) is 18.2 Å². The minimum atomic E-state index is -0.516. The number of carbonyl (C=O) groups is 2. The van der Waals surface area contributed by atoms with Crippen LogP contribution < -0.4 is 5.32 Å². The van der Waals surface area contributed by atoms with Gasteiger partial charge in [0.25, 0.3) is 0 Å². The van der Waals surface area contributed by atoms with Gasteiger partial charge in [-0.15, -0.1) is 0 Å². The zero-order valence-electron chi connectivity index (χ0n) is 15.5. The van der Waals surface area contributed by atoms with Crippen LogP contribution in [0.15, 0.2) is 48.5 Å². The molecule has 27 heavy (non-hydrogen) atoms. The average Bonchev–Trinajstić information content (AvgIpc) is 2.67. The molecular weight excluding hydrogens is 383 g/mol. The summed E-state index contributed by atoms with van der Waals surface area (Å²) < 4.78 is 0. The molecule has 0 aliphatic carbocycles. The summed E-state index contributed by atoms with van der Waals surface area (Å²) in [6.07, 6.45) is 1.33. The Balaban J connectivity index is 2.21. The number of amides is 2. The van der Waals surface area contributed by atoms with Gasteiger partial charge in [0.1, 0.15) is 6.04 Å². The summed E-state index contributed by atoms with van der Waals surface area (Å²) in [5.41, 5.74) is 1.81. The second-order valence-corrected chi connectivity index (χ2v) is 7.12. The van der Waals surface area contributed by atoms with Gasteiger partial charge in [0, 0.05) is 23.6 Å². The summed E-state index contributed by atoms with van der Waals surface area (Å²) in [5.74, 6) is -0.299. The fourth-order valence-corrected chi connectivity index (χ4v) is 3.47. The first-order valence-corrected chi connectivity index (χ1v) is 9.70. The second kappa shape index (κ2) is 10.3. The van der Waals surface area contributed by atoms with Crippen LogP contribution in [0.5, 0.6) is 0 Å². The number of rotatable bonds is 8. The molecule has 0 aromatic heterocycles. The van der Waals surface area contributed by atoms with Gasteiger partial charge in [-0.05, 0) is 36.1 Å². The monoisotopic (exact) mass is 406 g/mol. The summed E-state index contributed by atoms with van der Waals surface area (Å²) in [7, 11) is 1.58. The largest absolute Gasteiger partial charge is 0.357 e. The minimum Gasteiger partial charge on any atom is -0.357 e. The molecule has 0 spiro atoms. The van der Waals surface area contributed by atoms with Crippen molar-refractivity contribution in [2.75, 3.05) is 13.6 Å². The van der Waals surface area contributed by atoms with Crippen LogP contribution in [0, 0.1) is 0 Å². The van der Waals surface area contributed by atoms with Crippen LogP contribution in [0.25, 0.3) is 0 Å². The molecule has 0 aliphatic rings. The Morgan fingerprint density at radius 2 is 1.81 bits per heavy atom. The van der Waals surface area contributed by atoms with Crippen LogP contribution in [0.1, 0.15) is 24.5 Å². The lowest BCUT2D eigenvalue weighted by molar-refractivity contribution is -0.140. The van der Waals surface area contributed by atoms with Gasteiger partial charge in [-0.2, -0.15) is 0 Å². The zero-order valence-corrected chi connectivity index (χ0v) is 17.1. The van der Waals surface area contributed by atoms with E-state index in [1.807, 2.05) is 37.3 Å². The van der Waals surface area contributed by atoms with E-state index in [2.05, 4.69) is 5.32 Å². The van der Waals surface area contributed by atoms with E-state index in [1.165, 1.54) is 0 Å². The molecule has 2 rings (SSSR count). The first kappa shape index (κ1) is 21.3. The summed E-state index contributed by atoms with van der Waals surface area (Å²) in [5, 5.41) is 3.63. The van der Waals surface area contributed by atoms with Crippen molar-refractivity contribution in [3.8, 4) is 0 Å². The van der Waals surface area contributed by atoms with Crippen molar-refractivity contribution in [3.63, 3.8) is 0 Å². The molecule has 0 unspecified atom stereocenters. The van der Waals surface area contributed by atoms with E-state index in [9.17, 15) is 9.59 Å². The first-order valence-electron chi connectivity index (χ1n) is 8.95. The predicted molar refractivity (Wildman–Crippen MR) is 110 cm³/mol. The molecule has 144 valence electrons. The lowest BCUT2D eigenvalue weighted by Crippen LogP contribution is -2.49. The highest BCUT2D eigenvalue weighted by Crippen LogP contribution is 2.22. The van der Waals surface area contributed by atoms with Crippen molar-refractivity contribution in [1.82, 2.24) is 10.2 Å². The number of nitrogens with one attached hydrogen (secondary N) is 1. The van der Waals surface area contributed by atoms with Crippen molar-refractivity contribution < 1.29 is 9.59 Å². The highest BCUT2D eigenvalue weighted by molar-refractivity contribution is 6.35. The number of nitrogens with zero attached hydrogens (tertiary/aromatic N) is 1. The van der Waals surface area contributed by atoms with Gasteiger partial charge in [-0.1, -0.05) is 66.5 Å². The van der Waals surface area contributed by atoms with Crippen LogP contribution in [-0.4, -0.2) is 36.3 Å². The molecule has 0 saturated heterocycles. The lowest BCUT2D eigenvalue weighted by Gasteiger charge is -2.30. The summed E-state index contributed by atoms with van der Waals surface area (Å²) in [6.45, 7) is 2.36. The third-order valence-corrected chi connectivity index (χ3v) is 5.06. The van der Waals surface area contributed by atoms with Crippen molar-refractivity contribution in [2.45, 2.75) is 32.2 Å². The molecular formula is C21H24Cl2N2O2. The molecule has 0 bridgehead atoms. The number of benzene rings is 2. The van der Waals surface area contributed by atoms with Crippen molar-refractivity contribution >= 4 is 35.0 Å². The highest BCUT2D eigenvalue weighted by Gasteiger charge is 2.27. The van der Waals surface area contributed by atoms with Gasteiger partial charge < -0.3 is 10.2 Å². The van der Waals surface area contributed by atoms with Crippen molar-refractivity contribution in [3.05, 3.63) is 69.7 Å². The molecule has 1 atom stereocenters. The maximum absolute atomic E-state index is 13.0. The highest BCUT2D eigenvalue weighted by atomic mass is 35.5. The Morgan fingerprint density at radius 3 is 2.41 bits per heavy atom. The van der Waals surface area contributed by atoms with Crippen molar-refractivity contribution in [2.24, 2.45) is 0 Å². The van der Waals surface area contributed by atoms with E-state index in [1.54, 1.807) is 30.1 Å². The molecule has 0 fully saturated rings. The number of halogens is 2. The van der Waals surface area contributed by atoms with Gasteiger partial charge in [-0.3, -0.25) is 9.59 Å². The molecule has 0 aliphatic heterocycles. The molecule has 0 radical (unpaired) electrons.